The summed E-state index contributed by atoms with van der Waals surface area (Å²) in [6.45, 7) is 0. The number of carbonyl (C=O) groups excluding carboxylic acids is 1. The van der Waals surface area contributed by atoms with Crippen molar-refractivity contribution in [2.24, 2.45) is 0 Å². The molecule has 0 aliphatic carbocycles. The zero-order chi connectivity index (χ0) is 23.3. The molecule has 9 nitrogen and oxygen atoms in total. The van der Waals surface area contributed by atoms with Crippen LogP contribution in [0.3, 0.4) is 0 Å². The van der Waals surface area contributed by atoms with E-state index in [4.69, 9.17) is 9.47 Å². The highest BCUT2D eigenvalue weighted by Crippen LogP contribution is 2.52. The van der Waals surface area contributed by atoms with Crippen LogP contribution >= 0.6 is 22.7 Å². The van der Waals surface area contributed by atoms with E-state index >= 15 is 0 Å². The predicted molar refractivity (Wildman–Crippen MR) is 116 cm³/mol. The molecule has 2 bridgehead atoms. The Morgan fingerprint density at radius 3 is 2.00 bits per heavy atom. The van der Waals surface area contributed by atoms with E-state index in [0.29, 0.717) is 34.0 Å². The molecule has 1 N–H and O–H groups in total. The largest absolute Gasteiger partial charge is 0.726 e. The quantitative estimate of drug-likeness (QED) is 0.214. The number of nitrogens with zero attached hydrogens (tertiary/aromatic N) is 1. The van der Waals surface area contributed by atoms with E-state index in [1.807, 2.05) is 22.9 Å². The molecule has 5 atom stereocenters. The molecule has 0 aromatic carbocycles. The molecule has 5 rings (SSSR count). The van der Waals surface area contributed by atoms with E-state index in [1.54, 1.807) is 12.1 Å². The van der Waals surface area contributed by atoms with Crippen LogP contribution in [0, 0.1) is 0 Å². The van der Waals surface area contributed by atoms with Crippen molar-refractivity contribution in [3.05, 3.63) is 44.8 Å². The summed E-state index contributed by atoms with van der Waals surface area (Å²) >= 11 is 2.74. The molecule has 2 aromatic rings. The van der Waals surface area contributed by atoms with E-state index in [2.05, 4.69) is 18.3 Å². The van der Waals surface area contributed by atoms with Gasteiger partial charge in [0, 0.05) is 12.8 Å². The molecule has 12 heteroatoms. The van der Waals surface area contributed by atoms with Gasteiger partial charge in [0.1, 0.15) is 30.4 Å². The maximum absolute atomic E-state index is 13.1. The number of esters is 1. The van der Waals surface area contributed by atoms with Crippen LogP contribution in [-0.4, -0.2) is 80.1 Å². The Bertz CT molecular complexity index is 997. The minimum atomic E-state index is -4.41. The van der Waals surface area contributed by atoms with Gasteiger partial charge in [0.15, 0.2) is 0 Å². The monoisotopic (exact) mass is 503 g/mol. The van der Waals surface area contributed by atoms with E-state index < -0.39 is 22.0 Å². The average Bonchev–Trinajstić information content (AvgIpc) is 3.09. The summed E-state index contributed by atoms with van der Waals surface area (Å²) in [4.78, 5) is 14.3. The zero-order valence-corrected chi connectivity index (χ0v) is 20.2. The Hall–Kier alpha value is -1.38. The summed E-state index contributed by atoms with van der Waals surface area (Å²) in [5.41, 5.74) is -1.72. The highest BCUT2D eigenvalue weighted by atomic mass is 32.3. The number of rotatable bonds is 5. The lowest BCUT2D eigenvalue weighted by Crippen LogP contribution is -2.60. The first-order chi connectivity index (χ1) is 15.0. The van der Waals surface area contributed by atoms with Gasteiger partial charge in [-0.2, -0.15) is 0 Å². The van der Waals surface area contributed by atoms with Gasteiger partial charge in [0.05, 0.1) is 31.0 Å². The molecule has 3 aliphatic rings. The number of carbonyl (C=O) groups is 1. The molecule has 2 aromatic heterocycles. The number of aliphatic hydroxyl groups is 1. The topological polar surface area (TPSA) is 125 Å². The van der Waals surface area contributed by atoms with Crippen molar-refractivity contribution < 1.29 is 41.0 Å². The molecule has 32 heavy (non-hydrogen) atoms. The maximum Gasteiger partial charge on any atom is 0.349 e. The standard InChI is InChI=1S/C19H22NO4S2.CH4O4S/c1-20(2)12-9-11(10-13(20)17-16(12)24-17)23-18(21)19(22,14-5-3-7-25-14)15-6-4-8-26-15;1-5-6(2,3)4/h3-8,11-13,16-17,22H,9-10H2,1-2H3;1H3,(H,2,3,4)/q+1;/p-1/t11?,12-,13+,16-,17+;. The van der Waals surface area contributed by atoms with Crippen molar-refractivity contribution in [1.82, 2.24) is 0 Å². The van der Waals surface area contributed by atoms with Gasteiger partial charge in [-0.3, -0.25) is 4.18 Å². The van der Waals surface area contributed by atoms with Gasteiger partial charge < -0.3 is 23.6 Å². The fourth-order valence-corrected chi connectivity index (χ4v) is 6.54. The van der Waals surface area contributed by atoms with Gasteiger partial charge in [-0.15, -0.1) is 22.7 Å². The lowest BCUT2D eigenvalue weighted by Gasteiger charge is -2.45. The summed E-state index contributed by atoms with van der Waals surface area (Å²) in [5, 5.41) is 15.1. The Morgan fingerprint density at radius 1 is 1.16 bits per heavy atom. The van der Waals surface area contributed by atoms with Crippen LogP contribution in [0.1, 0.15) is 22.6 Å². The fourth-order valence-electron chi connectivity index (χ4n) is 4.83. The molecule has 3 aliphatic heterocycles. The number of quaternary nitrogens is 1. The first-order valence-electron chi connectivity index (χ1n) is 10.00. The Balaban J connectivity index is 0.000000363. The average molecular weight is 504 g/mol. The molecule has 0 radical (unpaired) electrons. The number of thiophene rings is 2. The van der Waals surface area contributed by atoms with Crippen molar-refractivity contribution in [3.63, 3.8) is 0 Å². The lowest BCUT2D eigenvalue weighted by molar-refractivity contribution is -0.938. The summed E-state index contributed by atoms with van der Waals surface area (Å²) in [6.07, 6.45) is 2.05. The van der Waals surface area contributed by atoms with Crippen molar-refractivity contribution in [1.29, 1.82) is 0 Å². The second kappa shape index (κ2) is 8.44. The van der Waals surface area contributed by atoms with Gasteiger partial charge in [0.25, 0.3) is 0 Å². The minimum absolute atomic E-state index is 0.161. The van der Waals surface area contributed by atoms with Gasteiger partial charge in [-0.05, 0) is 22.9 Å². The smallest absolute Gasteiger partial charge is 0.349 e. The van der Waals surface area contributed by atoms with Crippen LogP contribution in [0.2, 0.25) is 0 Å². The van der Waals surface area contributed by atoms with Crippen LogP contribution < -0.4 is 0 Å². The number of hydrogen-bond acceptors (Lipinski definition) is 10. The van der Waals surface area contributed by atoms with Gasteiger partial charge in [-0.1, -0.05) is 12.1 Å². The van der Waals surface area contributed by atoms with Crippen LogP contribution in [0.4, 0.5) is 0 Å². The van der Waals surface area contributed by atoms with Gasteiger partial charge in [-0.25, -0.2) is 13.2 Å². The van der Waals surface area contributed by atoms with E-state index in [0.717, 1.165) is 24.4 Å². The molecule has 1 unspecified atom stereocenters. The highest BCUT2D eigenvalue weighted by molar-refractivity contribution is 7.80. The SMILES string of the molecule is COS(=O)(=O)[O-].C[N+]1(C)[C@@H]2CC(OC(=O)C(O)(c3cccs3)c3cccs3)C[C@H]1[C@@H]1O[C@@H]12. The molecule has 3 fully saturated rings. The Labute approximate surface area is 194 Å². The van der Waals surface area contributed by atoms with E-state index in [9.17, 15) is 22.9 Å². The first-order valence-corrected chi connectivity index (χ1v) is 13.1. The molecule has 0 saturated carbocycles. The first kappa shape index (κ1) is 23.8. The highest BCUT2D eigenvalue weighted by Gasteiger charge is 2.71. The number of ether oxygens (including phenoxy) is 2. The normalized spacial score (nSPS) is 30.1. The van der Waals surface area contributed by atoms with E-state index in [1.165, 1.54) is 22.7 Å². The third-order valence-electron chi connectivity index (χ3n) is 6.57. The summed E-state index contributed by atoms with van der Waals surface area (Å²) in [6, 6.07) is 8.01. The number of fused-ring (bicyclic) bond motifs is 5. The number of epoxide rings is 1. The molecule has 3 saturated heterocycles. The second-order valence-corrected chi connectivity index (χ2v) is 11.6. The number of piperidine rings is 1. The molecule has 5 heterocycles. The second-order valence-electron chi connectivity index (χ2n) is 8.57. The van der Waals surface area contributed by atoms with Crippen LogP contribution in [-0.2, 0) is 34.5 Å². The Morgan fingerprint density at radius 2 is 1.62 bits per heavy atom. The third kappa shape index (κ3) is 4.26. The molecule has 176 valence electrons. The molecule has 0 spiro atoms. The summed E-state index contributed by atoms with van der Waals surface area (Å²) < 4.78 is 43.7. The van der Waals surface area contributed by atoms with Gasteiger partial charge in [0.2, 0.25) is 16.0 Å². The van der Waals surface area contributed by atoms with Crippen LogP contribution in [0.5, 0.6) is 0 Å². The van der Waals surface area contributed by atoms with Crippen molar-refractivity contribution in [3.8, 4) is 0 Å². The number of likely N-dealkylation sites (N-methyl/N-ethyl adjacent to an activating group) is 1. The predicted octanol–water partition coefficient (Wildman–Crippen LogP) is 1.44. The minimum Gasteiger partial charge on any atom is -0.726 e. The lowest BCUT2D eigenvalue weighted by atomic mass is 9.95. The van der Waals surface area contributed by atoms with Crippen molar-refractivity contribution in [2.75, 3.05) is 21.2 Å². The molecular formula is C20H25NO8S3. The molecule has 0 amide bonds. The molecular weight excluding hydrogens is 478 g/mol. The summed E-state index contributed by atoms with van der Waals surface area (Å²) in [7, 11) is 0.889. The number of morpholine rings is 1. The van der Waals surface area contributed by atoms with Gasteiger partial charge >= 0.3 is 5.97 Å². The van der Waals surface area contributed by atoms with E-state index in [-0.39, 0.29) is 6.10 Å². The Kier molecular flexibility index (Phi) is 6.27. The van der Waals surface area contributed by atoms with Crippen LogP contribution in [0.25, 0.3) is 0 Å². The van der Waals surface area contributed by atoms with Crippen molar-refractivity contribution >= 4 is 39.0 Å². The maximum atomic E-state index is 13.1. The van der Waals surface area contributed by atoms with Crippen LogP contribution in [0.15, 0.2) is 35.0 Å². The third-order valence-corrected chi connectivity index (χ3v) is 8.93. The fraction of sp³-hybridized carbons (Fsp3) is 0.550. The summed E-state index contributed by atoms with van der Waals surface area (Å²) in [5.74, 6) is -0.561. The zero-order valence-electron chi connectivity index (χ0n) is 17.7. The number of hydrogen-bond donors (Lipinski definition) is 1. The van der Waals surface area contributed by atoms with Crippen molar-refractivity contribution in [2.45, 2.75) is 48.8 Å².